The van der Waals surface area contributed by atoms with Crippen LogP contribution in [0.4, 0.5) is 11.6 Å². The number of aromatic nitrogens is 2. The molecule has 16 heavy (non-hydrogen) atoms. The highest BCUT2D eigenvalue weighted by Gasteiger charge is 2.00. The highest BCUT2D eigenvalue weighted by atomic mass is 16.1. The molecule has 0 saturated heterocycles. The maximum atomic E-state index is 11.1. The van der Waals surface area contributed by atoms with E-state index in [9.17, 15) is 4.79 Å². The quantitative estimate of drug-likeness (QED) is 0.806. The summed E-state index contributed by atoms with van der Waals surface area (Å²) in [5, 5.41) is 3.07. The molecule has 0 radical (unpaired) electrons. The van der Waals surface area contributed by atoms with E-state index in [0.29, 0.717) is 5.95 Å². The van der Waals surface area contributed by atoms with E-state index in [0.717, 1.165) is 11.3 Å². The van der Waals surface area contributed by atoms with Crippen LogP contribution in [0.5, 0.6) is 0 Å². The molecule has 4 nitrogen and oxygen atoms in total. The molecule has 0 aliphatic carbocycles. The Morgan fingerprint density at radius 3 is 2.75 bits per heavy atom. The summed E-state index contributed by atoms with van der Waals surface area (Å²) in [5.41, 5.74) is 3.10. The van der Waals surface area contributed by atoms with Gasteiger partial charge in [0.05, 0.1) is 0 Å². The molecule has 0 amide bonds. The van der Waals surface area contributed by atoms with E-state index < -0.39 is 0 Å². The number of nitrogens with zero attached hydrogens (tertiary/aromatic N) is 1. The first-order valence-corrected chi connectivity index (χ1v) is 5.05. The second-order valence-electron chi connectivity index (χ2n) is 3.73. The average Bonchev–Trinajstić information content (AvgIpc) is 2.22. The maximum Gasteiger partial charge on any atom is 0.252 e. The predicted octanol–water partition coefficient (Wildman–Crippen LogP) is 2.13. The third-order valence-electron chi connectivity index (χ3n) is 2.31. The summed E-state index contributed by atoms with van der Waals surface area (Å²) in [6.07, 6.45) is 1.48. The molecule has 0 aliphatic rings. The minimum absolute atomic E-state index is 0.165. The first kappa shape index (κ1) is 10.4. The van der Waals surface area contributed by atoms with Gasteiger partial charge in [0.2, 0.25) is 5.95 Å². The second-order valence-corrected chi connectivity index (χ2v) is 3.73. The Labute approximate surface area is 93.4 Å². The Kier molecular flexibility index (Phi) is 2.72. The lowest BCUT2D eigenvalue weighted by Gasteiger charge is -2.08. The molecule has 0 unspecified atom stereocenters. The van der Waals surface area contributed by atoms with Gasteiger partial charge in [-0.2, -0.15) is 0 Å². The molecule has 2 rings (SSSR count). The van der Waals surface area contributed by atoms with Gasteiger partial charge in [0, 0.05) is 18.0 Å². The Morgan fingerprint density at radius 2 is 2.06 bits per heavy atom. The Morgan fingerprint density at radius 1 is 1.25 bits per heavy atom. The fourth-order valence-corrected chi connectivity index (χ4v) is 1.52. The van der Waals surface area contributed by atoms with Crippen LogP contribution in [-0.4, -0.2) is 9.97 Å². The van der Waals surface area contributed by atoms with E-state index >= 15 is 0 Å². The molecule has 0 saturated carbocycles. The van der Waals surface area contributed by atoms with Gasteiger partial charge in [-0.1, -0.05) is 17.7 Å². The fraction of sp³-hybridized carbons (Fsp3) is 0.167. The van der Waals surface area contributed by atoms with Crippen molar-refractivity contribution in [3.63, 3.8) is 0 Å². The largest absolute Gasteiger partial charge is 0.325 e. The van der Waals surface area contributed by atoms with Gasteiger partial charge in [-0.25, -0.2) is 4.98 Å². The number of hydrogen-bond donors (Lipinski definition) is 2. The standard InChI is InChI=1S/C12H13N3O/c1-8-3-4-10(9(2)7-8)14-12-13-6-5-11(16)15-12/h3-7H,1-2H3,(H2,13,14,15,16). The van der Waals surface area contributed by atoms with Gasteiger partial charge in [-0.05, 0) is 25.5 Å². The van der Waals surface area contributed by atoms with Crippen molar-refractivity contribution < 1.29 is 0 Å². The van der Waals surface area contributed by atoms with Crippen molar-refractivity contribution in [1.82, 2.24) is 9.97 Å². The lowest BCUT2D eigenvalue weighted by Crippen LogP contribution is -2.08. The van der Waals surface area contributed by atoms with Crippen LogP contribution in [0.2, 0.25) is 0 Å². The maximum absolute atomic E-state index is 11.1. The first-order valence-electron chi connectivity index (χ1n) is 5.05. The monoisotopic (exact) mass is 215 g/mol. The number of anilines is 2. The van der Waals surface area contributed by atoms with E-state index in [1.807, 2.05) is 26.0 Å². The molecule has 0 spiro atoms. The molecular formula is C12H13N3O. The van der Waals surface area contributed by atoms with Gasteiger partial charge >= 0.3 is 0 Å². The second kappa shape index (κ2) is 4.18. The van der Waals surface area contributed by atoms with Crippen molar-refractivity contribution >= 4 is 11.6 Å². The number of aromatic amines is 1. The molecule has 82 valence electrons. The summed E-state index contributed by atoms with van der Waals surface area (Å²) < 4.78 is 0. The molecule has 1 aromatic carbocycles. The Hall–Kier alpha value is -2.10. The molecule has 0 aliphatic heterocycles. The predicted molar refractivity (Wildman–Crippen MR) is 64.1 cm³/mol. The Bertz CT molecular complexity index is 560. The van der Waals surface area contributed by atoms with Crippen molar-refractivity contribution in [3.8, 4) is 0 Å². The molecule has 1 aromatic heterocycles. The summed E-state index contributed by atoms with van der Waals surface area (Å²) >= 11 is 0. The van der Waals surface area contributed by atoms with E-state index in [1.165, 1.54) is 17.8 Å². The smallest absolute Gasteiger partial charge is 0.252 e. The topological polar surface area (TPSA) is 57.8 Å². The summed E-state index contributed by atoms with van der Waals surface area (Å²) in [6.45, 7) is 4.05. The SMILES string of the molecule is Cc1ccc(Nc2nccc(=O)[nH]2)c(C)c1. The van der Waals surface area contributed by atoms with Gasteiger partial charge in [0.1, 0.15) is 0 Å². The van der Waals surface area contributed by atoms with Gasteiger partial charge in [0.15, 0.2) is 0 Å². The minimum atomic E-state index is -0.165. The van der Waals surface area contributed by atoms with Crippen molar-refractivity contribution in [2.75, 3.05) is 5.32 Å². The number of benzene rings is 1. The first-order chi connectivity index (χ1) is 7.65. The average molecular weight is 215 g/mol. The summed E-state index contributed by atoms with van der Waals surface area (Å²) in [4.78, 5) is 17.7. The normalized spacial score (nSPS) is 10.1. The number of nitrogens with one attached hydrogen (secondary N) is 2. The van der Waals surface area contributed by atoms with Crippen LogP contribution in [-0.2, 0) is 0 Å². The molecule has 0 bridgehead atoms. The van der Waals surface area contributed by atoms with E-state index in [4.69, 9.17) is 0 Å². The third-order valence-corrected chi connectivity index (χ3v) is 2.31. The molecule has 2 N–H and O–H groups in total. The summed E-state index contributed by atoms with van der Waals surface area (Å²) in [5.74, 6) is 0.458. The van der Waals surface area contributed by atoms with Crippen molar-refractivity contribution in [3.05, 3.63) is 51.9 Å². The van der Waals surface area contributed by atoms with E-state index in [2.05, 4.69) is 21.4 Å². The lowest BCUT2D eigenvalue weighted by atomic mass is 10.1. The number of hydrogen-bond acceptors (Lipinski definition) is 3. The van der Waals surface area contributed by atoms with E-state index in [-0.39, 0.29) is 5.56 Å². The summed E-state index contributed by atoms with van der Waals surface area (Å²) in [7, 11) is 0. The number of aryl methyl sites for hydroxylation is 2. The van der Waals surface area contributed by atoms with Crippen LogP contribution in [0.3, 0.4) is 0 Å². The molecule has 1 heterocycles. The van der Waals surface area contributed by atoms with Crippen molar-refractivity contribution in [2.45, 2.75) is 13.8 Å². The van der Waals surface area contributed by atoms with Crippen molar-refractivity contribution in [2.24, 2.45) is 0 Å². The minimum Gasteiger partial charge on any atom is -0.325 e. The Balaban J connectivity index is 2.30. The van der Waals surface area contributed by atoms with Gasteiger partial charge < -0.3 is 5.32 Å². The van der Waals surface area contributed by atoms with Crippen LogP contribution < -0.4 is 10.9 Å². The highest BCUT2D eigenvalue weighted by Crippen LogP contribution is 2.18. The zero-order chi connectivity index (χ0) is 11.5. The zero-order valence-corrected chi connectivity index (χ0v) is 9.24. The third kappa shape index (κ3) is 2.28. The molecule has 0 fully saturated rings. The number of H-pyrrole nitrogens is 1. The fourth-order valence-electron chi connectivity index (χ4n) is 1.52. The van der Waals surface area contributed by atoms with E-state index in [1.54, 1.807) is 0 Å². The van der Waals surface area contributed by atoms with Gasteiger partial charge in [0.25, 0.3) is 5.56 Å². The van der Waals surface area contributed by atoms with Crippen LogP contribution in [0.1, 0.15) is 11.1 Å². The van der Waals surface area contributed by atoms with Crippen molar-refractivity contribution in [1.29, 1.82) is 0 Å². The molecule has 0 atom stereocenters. The van der Waals surface area contributed by atoms with Crippen LogP contribution in [0.25, 0.3) is 0 Å². The molecule has 2 aromatic rings. The molecular weight excluding hydrogens is 202 g/mol. The van der Waals surface area contributed by atoms with Crippen LogP contribution in [0.15, 0.2) is 35.3 Å². The lowest BCUT2D eigenvalue weighted by molar-refractivity contribution is 1.12. The summed E-state index contributed by atoms with van der Waals surface area (Å²) in [6, 6.07) is 7.44. The van der Waals surface area contributed by atoms with Crippen LogP contribution >= 0.6 is 0 Å². The highest BCUT2D eigenvalue weighted by molar-refractivity contribution is 5.58. The van der Waals surface area contributed by atoms with Crippen LogP contribution in [0, 0.1) is 13.8 Å². The molecule has 4 heteroatoms. The van der Waals surface area contributed by atoms with Gasteiger partial charge in [-0.15, -0.1) is 0 Å². The van der Waals surface area contributed by atoms with Gasteiger partial charge in [-0.3, -0.25) is 9.78 Å². The zero-order valence-electron chi connectivity index (χ0n) is 9.24. The number of rotatable bonds is 2.